The van der Waals surface area contributed by atoms with Crippen LogP contribution >= 0.6 is 11.3 Å². The topological polar surface area (TPSA) is 131 Å². The van der Waals surface area contributed by atoms with Crippen LogP contribution in [0.5, 0.6) is 0 Å². The quantitative estimate of drug-likeness (QED) is 0.447. The number of sulfonamides is 1. The first-order chi connectivity index (χ1) is 14.7. The first kappa shape index (κ1) is 22.5. The van der Waals surface area contributed by atoms with Gasteiger partial charge in [-0.2, -0.15) is 4.72 Å². The molecule has 0 fully saturated rings. The third kappa shape index (κ3) is 6.17. The predicted octanol–water partition coefficient (Wildman–Crippen LogP) is 1.84. The lowest BCUT2D eigenvalue weighted by Crippen LogP contribution is -2.45. The van der Waals surface area contributed by atoms with Crippen LogP contribution in [0.4, 0.5) is 9.52 Å². The van der Waals surface area contributed by atoms with Crippen LogP contribution in [0.1, 0.15) is 11.3 Å². The molecule has 4 N–H and O–H groups in total. The summed E-state index contributed by atoms with van der Waals surface area (Å²) >= 11 is 1.07. The summed E-state index contributed by atoms with van der Waals surface area (Å²) in [5, 5.41) is 4.29. The van der Waals surface area contributed by atoms with Crippen molar-refractivity contribution in [3.05, 3.63) is 77.1 Å². The molecule has 0 aliphatic carbocycles. The summed E-state index contributed by atoms with van der Waals surface area (Å²) in [4.78, 5) is 27.4. The Morgan fingerprint density at radius 1 is 1.10 bits per heavy atom. The SMILES string of the molecule is NC(=O)Cc1csc(NC(=O)C(Cc2ccccc2)NS(=O)(=O)c2ccccc2F)n1. The zero-order valence-electron chi connectivity index (χ0n) is 16.1. The molecule has 11 heteroatoms. The van der Waals surface area contributed by atoms with Gasteiger partial charge in [0.15, 0.2) is 5.13 Å². The monoisotopic (exact) mass is 462 g/mol. The molecular weight excluding hydrogens is 443 g/mol. The molecule has 0 bridgehead atoms. The third-order valence-corrected chi connectivity index (χ3v) is 6.47. The molecule has 162 valence electrons. The van der Waals surface area contributed by atoms with Crippen molar-refractivity contribution in [3.8, 4) is 0 Å². The lowest BCUT2D eigenvalue weighted by molar-refractivity contribution is -0.118. The van der Waals surface area contributed by atoms with Crippen molar-refractivity contribution in [1.29, 1.82) is 0 Å². The van der Waals surface area contributed by atoms with Gasteiger partial charge in [-0.3, -0.25) is 9.59 Å². The van der Waals surface area contributed by atoms with E-state index in [1.54, 1.807) is 35.7 Å². The average Bonchev–Trinajstić information content (AvgIpc) is 3.14. The number of nitrogens with two attached hydrogens (primary N) is 1. The summed E-state index contributed by atoms with van der Waals surface area (Å²) in [6, 6.07) is 12.4. The van der Waals surface area contributed by atoms with Gasteiger partial charge < -0.3 is 11.1 Å². The molecule has 2 aromatic carbocycles. The maximum absolute atomic E-state index is 14.1. The lowest BCUT2D eigenvalue weighted by atomic mass is 10.1. The molecule has 0 saturated heterocycles. The van der Waals surface area contributed by atoms with Crippen molar-refractivity contribution < 1.29 is 22.4 Å². The van der Waals surface area contributed by atoms with Gasteiger partial charge in [-0.15, -0.1) is 11.3 Å². The van der Waals surface area contributed by atoms with Crippen molar-refractivity contribution in [2.24, 2.45) is 5.73 Å². The number of primary amides is 1. The van der Waals surface area contributed by atoms with Gasteiger partial charge in [0.25, 0.3) is 0 Å². The van der Waals surface area contributed by atoms with Crippen LogP contribution < -0.4 is 15.8 Å². The van der Waals surface area contributed by atoms with Crippen LogP contribution in [0, 0.1) is 5.82 Å². The zero-order valence-corrected chi connectivity index (χ0v) is 17.8. The molecular formula is C20H19FN4O4S2. The van der Waals surface area contributed by atoms with Gasteiger partial charge in [-0.1, -0.05) is 42.5 Å². The molecule has 3 rings (SSSR count). The fraction of sp³-hybridized carbons (Fsp3) is 0.150. The van der Waals surface area contributed by atoms with Gasteiger partial charge in [0.2, 0.25) is 21.8 Å². The molecule has 3 aromatic rings. The number of hydrogen-bond acceptors (Lipinski definition) is 6. The van der Waals surface area contributed by atoms with Gasteiger partial charge in [-0.25, -0.2) is 17.8 Å². The van der Waals surface area contributed by atoms with E-state index in [4.69, 9.17) is 5.73 Å². The van der Waals surface area contributed by atoms with Gasteiger partial charge in [0.05, 0.1) is 12.1 Å². The van der Waals surface area contributed by atoms with Crippen LogP contribution in [0.15, 0.2) is 64.9 Å². The minimum absolute atomic E-state index is 0.0277. The van der Waals surface area contributed by atoms with Crippen molar-refractivity contribution >= 4 is 38.3 Å². The third-order valence-electron chi connectivity index (χ3n) is 4.16. The normalized spacial score (nSPS) is 12.3. The van der Waals surface area contributed by atoms with Gasteiger partial charge in [-0.05, 0) is 24.1 Å². The summed E-state index contributed by atoms with van der Waals surface area (Å²) < 4.78 is 41.8. The summed E-state index contributed by atoms with van der Waals surface area (Å²) in [6.07, 6.45) is -0.0560. The Labute approximate surface area is 182 Å². The summed E-state index contributed by atoms with van der Waals surface area (Å²) in [5.74, 6) is -2.17. The second kappa shape index (κ2) is 9.77. The first-order valence-corrected chi connectivity index (χ1v) is 11.5. The summed E-state index contributed by atoms with van der Waals surface area (Å²) in [7, 11) is -4.32. The highest BCUT2D eigenvalue weighted by atomic mass is 32.2. The molecule has 0 aliphatic rings. The van der Waals surface area contributed by atoms with E-state index >= 15 is 0 Å². The van der Waals surface area contributed by atoms with Gasteiger partial charge in [0.1, 0.15) is 16.8 Å². The molecule has 0 radical (unpaired) electrons. The molecule has 8 nitrogen and oxygen atoms in total. The van der Waals surface area contributed by atoms with Crippen LogP contribution in [0.2, 0.25) is 0 Å². The van der Waals surface area contributed by atoms with Gasteiger partial charge in [0, 0.05) is 5.38 Å². The number of carbonyl (C=O) groups excluding carboxylic acids is 2. The molecule has 0 saturated carbocycles. The van der Waals surface area contributed by atoms with Crippen LogP contribution in [0.3, 0.4) is 0 Å². The molecule has 31 heavy (non-hydrogen) atoms. The number of carbonyl (C=O) groups is 2. The molecule has 1 aromatic heterocycles. The number of nitrogens with zero attached hydrogens (tertiary/aromatic N) is 1. The first-order valence-electron chi connectivity index (χ1n) is 9.09. The van der Waals surface area contributed by atoms with E-state index in [0.717, 1.165) is 23.5 Å². The Bertz CT molecular complexity index is 1180. The number of nitrogens with one attached hydrogen (secondary N) is 2. The maximum Gasteiger partial charge on any atom is 0.244 e. The number of aromatic nitrogens is 1. The number of rotatable bonds is 9. The summed E-state index contributed by atoms with van der Waals surface area (Å²) in [6.45, 7) is 0. The zero-order chi connectivity index (χ0) is 22.4. The van der Waals surface area contributed by atoms with E-state index < -0.39 is 38.6 Å². The molecule has 0 aliphatic heterocycles. The second-order valence-electron chi connectivity index (χ2n) is 6.57. The highest BCUT2D eigenvalue weighted by Gasteiger charge is 2.28. The Hall–Kier alpha value is -3.15. The number of thiazole rings is 1. The van der Waals surface area contributed by atoms with E-state index in [0.29, 0.717) is 11.3 Å². The van der Waals surface area contributed by atoms with Crippen molar-refractivity contribution in [2.75, 3.05) is 5.32 Å². The van der Waals surface area contributed by atoms with E-state index in [9.17, 15) is 22.4 Å². The maximum atomic E-state index is 14.1. The number of halogens is 1. The Morgan fingerprint density at radius 2 is 1.77 bits per heavy atom. The molecule has 1 unspecified atom stereocenters. The highest BCUT2D eigenvalue weighted by Crippen LogP contribution is 2.18. The second-order valence-corrected chi connectivity index (χ2v) is 9.11. The molecule has 0 spiro atoms. The smallest absolute Gasteiger partial charge is 0.244 e. The van der Waals surface area contributed by atoms with E-state index in [-0.39, 0.29) is 18.0 Å². The van der Waals surface area contributed by atoms with Crippen molar-refractivity contribution in [1.82, 2.24) is 9.71 Å². The summed E-state index contributed by atoms with van der Waals surface area (Å²) in [5.41, 5.74) is 6.23. The minimum atomic E-state index is -4.32. The minimum Gasteiger partial charge on any atom is -0.369 e. The van der Waals surface area contributed by atoms with Crippen molar-refractivity contribution in [3.63, 3.8) is 0 Å². The van der Waals surface area contributed by atoms with E-state index in [1.807, 2.05) is 0 Å². The molecule has 2 amide bonds. The standard InChI is InChI=1S/C20H19FN4O4S2/c21-15-8-4-5-9-17(15)31(28,29)25-16(10-13-6-2-1-3-7-13)19(27)24-20-23-14(12-30-20)11-18(22)26/h1-9,12,16,25H,10-11H2,(H2,22,26)(H,23,24,27). The van der Waals surface area contributed by atoms with Crippen LogP contribution in [0.25, 0.3) is 0 Å². The highest BCUT2D eigenvalue weighted by molar-refractivity contribution is 7.89. The molecule has 1 heterocycles. The number of amides is 2. The van der Waals surface area contributed by atoms with Crippen molar-refractivity contribution in [2.45, 2.75) is 23.8 Å². The Kier molecular flexibility index (Phi) is 7.10. The Morgan fingerprint density at radius 3 is 2.45 bits per heavy atom. The Balaban J connectivity index is 1.83. The lowest BCUT2D eigenvalue weighted by Gasteiger charge is -2.18. The van der Waals surface area contributed by atoms with Crippen LogP contribution in [-0.4, -0.2) is 31.3 Å². The fourth-order valence-electron chi connectivity index (χ4n) is 2.77. The van der Waals surface area contributed by atoms with E-state index in [2.05, 4.69) is 15.0 Å². The number of hydrogen-bond donors (Lipinski definition) is 3. The van der Waals surface area contributed by atoms with Crippen LogP contribution in [-0.2, 0) is 32.5 Å². The average molecular weight is 463 g/mol. The number of anilines is 1. The van der Waals surface area contributed by atoms with Gasteiger partial charge >= 0.3 is 0 Å². The van der Waals surface area contributed by atoms with E-state index in [1.165, 1.54) is 12.1 Å². The predicted molar refractivity (Wildman–Crippen MR) is 114 cm³/mol. The number of benzene rings is 2. The fourth-order valence-corrected chi connectivity index (χ4v) is 4.76. The largest absolute Gasteiger partial charge is 0.369 e. The molecule has 1 atom stereocenters.